The van der Waals surface area contributed by atoms with E-state index in [1.165, 1.54) is 25.5 Å². The molecule has 10 heteroatoms. The SMILES string of the molecule is COc1ccc(C(=O)Oc2cccc(/C=N\NC(=O)C(=O)Nc3cc(Cl)ccc3Cl)c2)cc1. The van der Waals surface area contributed by atoms with Crippen molar-refractivity contribution in [3.63, 3.8) is 0 Å². The third kappa shape index (κ3) is 6.80. The van der Waals surface area contributed by atoms with Gasteiger partial charge in [-0.25, -0.2) is 10.2 Å². The highest BCUT2D eigenvalue weighted by Gasteiger charge is 2.15. The Morgan fingerprint density at radius 3 is 2.39 bits per heavy atom. The van der Waals surface area contributed by atoms with Gasteiger partial charge in [0.05, 0.1) is 29.6 Å². The molecule has 0 aromatic heterocycles. The number of carbonyl (C=O) groups excluding carboxylic acids is 3. The van der Waals surface area contributed by atoms with Crippen LogP contribution in [0.25, 0.3) is 0 Å². The molecule has 168 valence electrons. The molecule has 0 spiro atoms. The standard InChI is InChI=1S/C23H17Cl2N3O5/c1-32-17-8-5-15(6-9-17)23(31)33-18-4-2-3-14(11-18)13-26-28-22(30)21(29)27-20-12-16(24)7-10-19(20)25/h2-13H,1H3,(H,27,29)(H,28,30)/b26-13-. The molecule has 0 aliphatic heterocycles. The van der Waals surface area contributed by atoms with Crippen molar-refractivity contribution in [2.24, 2.45) is 5.10 Å². The van der Waals surface area contributed by atoms with Crippen molar-refractivity contribution in [2.75, 3.05) is 12.4 Å². The summed E-state index contributed by atoms with van der Waals surface area (Å²) >= 11 is 11.8. The lowest BCUT2D eigenvalue weighted by Gasteiger charge is -2.07. The van der Waals surface area contributed by atoms with E-state index in [4.69, 9.17) is 32.7 Å². The number of amides is 2. The average molecular weight is 486 g/mol. The molecule has 2 amide bonds. The second-order valence-corrected chi connectivity index (χ2v) is 7.31. The molecule has 2 N–H and O–H groups in total. The number of methoxy groups -OCH3 is 1. The minimum Gasteiger partial charge on any atom is -0.497 e. The largest absolute Gasteiger partial charge is 0.497 e. The lowest BCUT2D eigenvalue weighted by molar-refractivity contribution is -0.136. The molecule has 0 saturated heterocycles. The third-order valence-electron chi connectivity index (χ3n) is 4.16. The molecule has 0 bridgehead atoms. The molecule has 0 saturated carbocycles. The minimum absolute atomic E-state index is 0.194. The van der Waals surface area contributed by atoms with Crippen LogP contribution in [-0.4, -0.2) is 31.1 Å². The first-order valence-electron chi connectivity index (χ1n) is 9.41. The van der Waals surface area contributed by atoms with E-state index in [1.807, 2.05) is 0 Å². The lowest BCUT2D eigenvalue weighted by Crippen LogP contribution is -2.32. The molecule has 0 aliphatic carbocycles. The highest BCUT2D eigenvalue weighted by atomic mass is 35.5. The Kier molecular flexibility index (Phi) is 8.01. The Bertz CT molecular complexity index is 1210. The van der Waals surface area contributed by atoms with Crippen LogP contribution in [0, 0.1) is 0 Å². The smallest absolute Gasteiger partial charge is 0.343 e. The maximum absolute atomic E-state index is 12.3. The van der Waals surface area contributed by atoms with E-state index in [0.717, 1.165) is 0 Å². The Labute approximate surface area is 199 Å². The Morgan fingerprint density at radius 2 is 1.67 bits per heavy atom. The van der Waals surface area contributed by atoms with Crippen molar-refractivity contribution in [1.29, 1.82) is 0 Å². The number of nitrogens with one attached hydrogen (secondary N) is 2. The van der Waals surface area contributed by atoms with Crippen LogP contribution in [0.3, 0.4) is 0 Å². The number of hydrogen-bond donors (Lipinski definition) is 2. The summed E-state index contributed by atoms with van der Waals surface area (Å²) in [5, 5.41) is 6.66. The number of ether oxygens (including phenoxy) is 2. The fourth-order valence-electron chi connectivity index (χ4n) is 2.54. The molecule has 3 rings (SSSR count). The van der Waals surface area contributed by atoms with Gasteiger partial charge in [-0.1, -0.05) is 35.3 Å². The second-order valence-electron chi connectivity index (χ2n) is 6.47. The zero-order valence-electron chi connectivity index (χ0n) is 17.2. The van der Waals surface area contributed by atoms with Gasteiger partial charge in [-0.2, -0.15) is 5.10 Å². The van der Waals surface area contributed by atoms with Crippen LogP contribution in [0.1, 0.15) is 15.9 Å². The van der Waals surface area contributed by atoms with Crippen molar-refractivity contribution >= 4 is 52.9 Å². The molecule has 3 aromatic rings. The van der Waals surface area contributed by atoms with E-state index in [2.05, 4.69) is 15.8 Å². The quantitative estimate of drug-likeness (QED) is 0.178. The van der Waals surface area contributed by atoms with Gasteiger partial charge < -0.3 is 14.8 Å². The summed E-state index contributed by atoms with van der Waals surface area (Å²) in [6.45, 7) is 0. The van der Waals surface area contributed by atoms with Gasteiger partial charge >= 0.3 is 17.8 Å². The van der Waals surface area contributed by atoms with Crippen LogP contribution < -0.4 is 20.2 Å². The molecular formula is C23H17Cl2N3O5. The topological polar surface area (TPSA) is 106 Å². The molecular weight excluding hydrogens is 469 g/mol. The van der Waals surface area contributed by atoms with Crippen molar-refractivity contribution in [2.45, 2.75) is 0 Å². The Morgan fingerprint density at radius 1 is 0.909 bits per heavy atom. The number of rotatable bonds is 6. The molecule has 8 nitrogen and oxygen atoms in total. The minimum atomic E-state index is -1.01. The zero-order chi connectivity index (χ0) is 23.8. The van der Waals surface area contributed by atoms with Gasteiger partial charge in [-0.3, -0.25) is 9.59 Å². The van der Waals surface area contributed by atoms with Gasteiger partial charge in [0.1, 0.15) is 11.5 Å². The van der Waals surface area contributed by atoms with Crippen LogP contribution in [-0.2, 0) is 9.59 Å². The molecule has 0 unspecified atom stereocenters. The monoisotopic (exact) mass is 485 g/mol. The maximum Gasteiger partial charge on any atom is 0.343 e. The predicted octanol–water partition coefficient (Wildman–Crippen LogP) is 4.31. The van der Waals surface area contributed by atoms with E-state index in [1.54, 1.807) is 54.6 Å². The number of benzene rings is 3. The summed E-state index contributed by atoms with van der Waals surface area (Å²) in [7, 11) is 1.53. The van der Waals surface area contributed by atoms with Gasteiger partial charge in [0.15, 0.2) is 0 Å². The first kappa shape index (κ1) is 23.8. The van der Waals surface area contributed by atoms with E-state index in [-0.39, 0.29) is 16.5 Å². The number of nitrogens with zero attached hydrogens (tertiary/aromatic N) is 1. The number of anilines is 1. The highest BCUT2D eigenvalue weighted by molar-refractivity contribution is 6.42. The number of esters is 1. The number of halogens is 2. The average Bonchev–Trinajstić information content (AvgIpc) is 2.81. The van der Waals surface area contributed by atoms with Gasteiger partial charge in [-0.05, 0) is 60.2 Å². The number of carbonyl (C=O) groups is 3. The number of hydrogen-bond acceptors (Lipinski definition) is 6. The normalized spacial score (nSPS) is 10.5. The lowest BCUT2D eigenvalue weighted by atomic mass is 10.2. The first-order valence-corrected chi connectivity index (χ1v) is 10.2. The van der Waals surface area contributed by atoms with Crippen molar-refractivity contribution in [3.8, 4) is 11.5 Å². The van der Waals surface area contributed by atoms with Gasteiger partial charge in [-0.15, -0.1) is 0 Å². The van der Waals surface area contributed by atoms with Crippen LogP contribution in [0.15, 0.2) is 71.8 Å². The third-order valence-corrected chi connectivity index (χ3v) is 4.72. The second kappa shape index (κ2) is 11.1. The van der Waals surface area contributed by atoms with Gasteiger partial charge in [0.25, 0.3) is 0 Å². The number of hydrazone groups is 1. The molecule has 0 heterocycles. The van der Waals surface area contributed by atoms with Crippen LogP contribution in [0.2, 0.25) is 10.0 Å². The Balaban J connectivity index is 1.57. The van der Waals surface area contributed by atoms with E-state index < -0.39 is 17.8 Å². The summed E-state index contributed by atoms with van der Waals surface area (Å²) in [4.78, 5) is 36.2. The summed E-state index contributed by atoms with van der Waals surface area (Å²) in [5.74, 6) is -1.63. The molecule has 3 aromatic carbocycles. The summed E-state index contributed by atoms with van der Waals surface area (Å²) < 4.78 is 10.4. The van der Waals surface area contributed by atoms with E-state index in [0.29, 0.717) is 21.9 Å². The summed E-state index contributed by atoms with van der Waals surface area (Å²) in [6, 6.07) is 17.4. The van der Waals surface area contributed by atoms with Crippen LogP contribution >= 0.6 is 23.2 Å². The maximum atomic E-state index is 12.3. The van der Waals surface area contributed by atoms with E-state index in [9.17, 15) is 14.4 Å². The highest BCUT2D eigenvalue weighted by Crippen LogP contribution is 2.25. The fraction of sp³-hybridized carbons (Fsp3) is 0.0435. The van der Waals surface area contributed by atoms with Crippen LogP contribution in [0.4, 0.5) is 5.69 Å². The molecule has 0 fully saturated rings. The molecule has 0 atom stereocenters. The van der Waals surface area contributed by atoms with Crippen LogP contribution in [0.5, 0.6) is 11.5 Å². The van der Waals surface area contributed by atoms with Crippen molar-refractivity contribution < 1.29 is 23.9 Å². The molecule has 0 aliphatic rings. The Hall–Kier alpha value is -3.88. The van der Waals surface area contributed by atoms with Gasteiger partial charge in [0.2, 0.25) is 0 Å². The molecule has 33 heavy (non-hydrogen) atoms. The van der Waals surface area contributed by atoms with Crippen molar-refractivity contribution in [1.82, 2.24) is 5.43 Å². The fourth-order valence-corrected chi connectivity index (χ4v) is 2.88. The zero-order valence-corrected chi connectivity index (χ0v) is 18.7. The predicted molar refractivity (Wildman–Crippen MR) is 125 cm³/mol. The van der Waals surface area contributed by atoms with E-state index >= 15 is 0 Å². The molecule has 0 radical (unpaired) electrons. The first-order chi connectivity index (χ1) is 15.9. The summed E-state index contributed by atoms with van der Waals surface area (Å²) in [6.07, 6.45) is 1.29. The summed E-state index contributed by atoms with van der Waals surface area (Å²) in [5.41, 5.74) is 3.18. The van der Waals surface area contributed by atoms with Crippen molar-refractivity contribution in [3.05, 3.63) is 87.9 Å². The van der Waals surface area contributed by atoms with Gasteiger partial charge in [0, 0.05) is 5.02 Å².